The van der Waals surface area contributed by atoms with E-state index in [1.807, 2.05) is 21.8 Å². The molecule has 0 saturated carbocycles. The predicted octanol–water partition coefficient (Wildman–Crippen LogP) is 4.97. The summed E-state index contributed by atoms with van der Waals surface area (Å²) in [5.74, 6) is 5.16. The Balaban J connectivity index is 1.32. The van der Waals surface area contributed by atoms with Crippen molar-refractivity contribution in [2.75, 3.05) is 25.4 Å². The van der Waals surface area contributed by atoms with E-state index in [0.29, 0.717) is 50.2 Å². The van der Waals surface area contributed by atoms with Crippen molar-refractivity contribution >= 4 is 45.6 Å². The third kappa shape index (κ3) is 7.18. The maximum absolute atomic E-state index is 14.2. The van der Waals surface area contributed by atoms with E-state index in [2.05, 4.69) is 11.8 Å². The Bertz CT molecular complexity index is 1270. The number of hydrazine groups is 1. The van der Waals surface area contributed by atoms with Crippen LogP contribution in [0.15, 0.2) is 47.2 Å². The van der Waals surface area contributed by atoms with Crippen molar-refractivity contribution in [2.45, 2.75) is 25.4 Å². The monoisotopic (exact) mass is 544 g/mol. The Morgan fingerprint density at radius 2 is 2.03 bits per heavy atom. The van der Waals surface area contributed by atoms with Crippen molar-refractivity contribution in [1.82, 2.24) is 10.0 Å². The normalized spacial score (nSPS) is 14.9. The van der Waals surface area contributed by atoms with Gasteiger partial charge in [0, 0.05) is 47.6 Å². The Kier molecular flexibility index (Phi) is 9.18. The number of thioether (sulfide) groups is 1. The van der Waals surface area contributed by atoms with Gasteiger partial charge in [0.1, 0.15) is 10.7 Å². The van der Waals surface area contributed by atoms with Gasteiger partial charge in [0.2, 0.25) is 0 Å². The first kappa shape index (κ1) is 26.4. The zero-order valence-electron chi connectivity index (χ0n) is 19.4. The highest BCUT2D eigenvalue weighted by atomic mass is 32.2. The lowest BCUT2D eigenvalue weighted by Gasteiger charge is -2.38. The fourth-order valence-electron chi connectivity index (χ4n) is 3.80. The Hall–Kier alpha value is -2.68. The largest absolute Gasteiger partial charge is 0.477 e. The van der Waals surface area contributed by atoms with Crippen molar-refractivity contribution in [3.05, 3.63) is 79.4 Å². The maximum Gasteiger partial charge on any atom is 0.345 e. The molecule has 6 nitrogen and oxygen atoms in total. The average Bonchev–Trinajstić information content (AvgIpc) is 3.55. The molecule has 1 aliphatic rings. The summed E-state index contributed by atoms with van der Waals surface area (Å²) in [6, 6.07) is 9.96. The number of benzene rings is 1. The van der Waals surface area contributed by atoms with Crippen LogP contribution < -0.4 is 0 Å². The molecule has 0 radical (unpaired) electrons. The third-order valence-corrected chi connectivity index (χ3v) is 8.32. The summed E-state index contributed by atoms with van der Waals surface area (Å²) in [4.78, 5) is 24.8. The lowest BCUT2D eigenvalue weighted by Crippen LogP contribution is -2.51. The maximum atomic E-state index is 14.2. The second-order valence-corrected chi connectivity index (χ2v) is 11.2. The fraction of sp³-hybridized carbons (Fsp3) is 0.308. The second kappa shape index (κ2) is 12.5. The number of carboxylic acid groups (broad SMARTS) is 1. The SMILES string of the molecule is O=C(O)c1ccc(CCN2C(=O)SCCN2CCC(O)Cc2ccc(F)c(C#Cc3ccsc3)c2)s1. The summed E-state index contributed by atoms with van der Waals surface area (Å²) in [5, 5.41) is 27.2. The van der Waals surface area contributed by atoms with Crippen molar-refractivity contribution in [3.8, 4) is 11.8 Å². The molecule has 2 N–H and O–H groups in total. The fourth-order valence-corrected chi connectivity index (χ4v) is 6.06. The molecule has 1 aromatic carbocycles. The van der Waals surface area contributed by atoms with Crippen molar-refractivity contribution in [2.24, 2.45) is 0 Å². The van der Waals surface area contributed by atoms with Crippen molar-refractivity contribution in [3.63, 3.8) is 0 Å². The summed E-state index contributed by atoms with van der Waals surface area (Å²) in [5.41, 5.74) is 1.94. The zero-order chi connectivity index (χ0) is 25.5. The molecule has 1 aliphatic heterocycles. The predicted molar refractivity (Wildman–Crippen MR) is 142 cm³/mol. The standard InChI is InChI=1S/C26H25FN2O4S3/c27-23-5-2-19(15-20(23)3-1-18-9-13-34-17-18)16-21(30)7-10-28-12-14-35-26(33)29(28)11-8-22-4-6-24(36-22)25(31)32/h2,4-6,9,13,15,17,21,30H,7-8,10-12,14,16H2,(H,31,32). The number of thiophene rings is 2. The van der Waals surface area contributed by atoms with Crippen LogP contribution in [-0.4, -0.2) is 62.9 Å². The molecule has 1 fully saturated rings. The number of carbonyl (C=O) groups is 2. The van der Waals surface area contributed by atoms with Crippen LogP contribution in [0.1, 0.15) is 37.7 Å². The van der Waals surface area contributed by atoms with Crippen LogP contribution in [-0.2, 0) is 12.8 Å². The number of carbonyl (C=O) groups excluding carboxylic acids is 1. The topological polar surface area (TPSA) is 81.1 Å². The third-order valence-electron chi connectivity index (χ3n) is 5.65. The van der Waals surface area contributed by atoms with E-state index < -0.39 is 17.9 Å². The lowest BCUT2D eigenvalue weighted by atomic mass is 10.0. The van der Waals surface area contributed by atoms with Crippen LogP contribution in [0.25, 0.3) is 0 Å². The Morgan fingerprint density at radius 3 is 2.78 bits per heavy atom. The molecule has 1 amide bonds. The van der Waals surface area contributed by atoms with Crippen molar-refractivity contribution in [1.29, 1.82) is 0 Å². The van der Waals surface area contributed by atoms with Gasteiger partial charge in [-0.05, 0) is 54.1 Å². The summed E-state index contributed by atoms with van der Waals surface area (Å²) in [6.07, 6.45) is 0.713. The van der Waals surface area contributed by atoms with Crippen LogP contribution in [0.3, 0.4) is 0 Å². The molecule has 3 heterocycles. The van der Waals surface area contributed by atoms with E-state index in [9.17, 15) is 19.1 Å². The number of aliphatic hydroxyl groups excluding tert-OH is 1. The van der Waals surface area contributed by atoms with Gasteiger partial charge in [-0.15, -0.1) is 11.3 Å². The number of aliphatic hydroxyl groups is 1. The van der Waals surface area contributed by atoms with Gasteiger partial charge in [-0.3, -0.25) is 9.80 Å². The molecule has 0 bridgehead atoms. The van der Waals surface area contributed by atoms with Crippen LogP contribution >= 0.6 is 34.4 Å². The van der Waals surface area contributed by atoms with Gasteiger partial charge in [-0.1, -0.05) is 29.7 Å². The molecule has 0 spiro atoms. The van der Waals surface area contributed by atoms with E-state index in [0.717, 1.165) is 16.0 Å². The highest BCUT2D eigenvalue weighted by Gasteiger charge is 2.27. The van der Waals surface area contributed by atoms with Crippen molar-refractivity contribution < 1.29 is 24.2 Å². The molecule has 10 heteroatoms. The number of carboxylic acids is 1. The Labute approximate surface area is 221 Å². The zero-order valence-corrected chi connectivity index (χ0v) is 21.8. The van der Waals surface area contributed by atoms with Gasteiger partial charge in [-0.2, -0.15) is 11.3 Å². The van der Waals surface area contributed by atoms with E-state index in [1.165, 1.54) is 40.5 Å². The molecule has 4 rings (SSSR count). The highest BCUT2D eigenvalue weighted by molar-refractivity contribution is 8.13. The minimum Gasteiger partial charge on any atom is -0.477 e. The first-order valence-corrected chi connectivity index (χ1v) is 14.2. The highest BCUT2D eigenvalue weighted by Crippen LogP contribution is 2.22. The summed E-state index contributed by atoms with van der Waals surface area (Å²) in [7, 11) is 0. The second-order valence-electron chi connectivity index (χ2n) is 8.24. The number of rotatable bonds is 9. The molecule has 0 aliphatic carbocycles. The number of nitrogens with zero attached hydrogens (tertiary/aromatic N) is 2. The first-order chi connectivity index (χ1) is 17.4. The summed E-state index contributed by atoms with van der Waals surface area (Å²) < 4.78 is 14.2. The van der Waals surface area contributed by atoms with Gasteiger partial charge in [0.05, 0.1) is 11.7 Å². The van der Waals surface area contributed by atoms with Gasteiger partial charge in [0.15, 0.2) is 0 Å². The first-order valence-electron chi connectivity index (χ1n) is 11.4. The smallest absolute Gasteiger partial charge is 0.345 e. The number of hydrogen-bond donors (Lipinski definition) is 2. The molecule has 1 atom stereocenters. The lowest BCUT2D eigenvalue weighted by molar-refractivity contribution is 0.0148. The van der Waals surface area contributed by atoms with E-state index >= 15 is 0 Å². The Morgan fingerprint density at radius 1 is 1.17 bits per heavy atom. The molecule has 3 aromatic rings. The molecule has 1 saturated heterocycles. The van der Waals surface area contributed by atoms with Gasteiger partial charge in [-0.25, -0.2) is 14.2 Å². The molecule has 1 unspecified atom stereocenters. The minimum atomic E-state index is -0.950. The number of amides is 1. The van der Waals surface area contributed by atoms with Gasteiger partial charge < -0.3 is 10.2 Å². The van der Waals surface area contributed by atoms with Crippen LogP contribution in [0.5, 0.6) is 0 Å². The van der Waals surface area contributed by atoms with E-state index in [-0.39, 0.29) is 10.1 Å². The number of aromatic carboxylic acids is 1. The number of hydrogen-bond acceptors (Lipinski definition) is 7. The van der Waals surface area contributed by atoms with Crippen LogP contribution in [0.4, 0.5) is 9.18 Å². The molecule has 188 valence electrons. The summed E-state index contributed by atoms with van der Waals surface area (Å²) in [6.45, 7) is 1.64. The quantitative estimate of drug-likeness (QED) is 0.371. The number of halogens is 1. The van der Waals surface area contributed by atoms with E-state index in [4.69, 9.17) is 5.11 Å². The minimum absolute atomic E-state index is 0.0434. The molecule has 2 aromatic heterocycles. The van der Waals surface area contributed by atoms with Crippen LogP contribution in [0.2, 0.25) is 0 Å². The summed E-state index contributed by atoms with van der Waals surface area (Å²) >= 11 is 4.01. The molecular formula is C26H25FN2O4S3. The van der Waals surface area contributed by atoms with Gasteiger partial charge >= 0.3 is 5.97 Å². The average molecular weight is 545 g/mol. The van der Waals surface area contributed by atoms with Crippen LogP contribution in [0, 0.1) is 17.7 Å². The molecular weight excluding hydrogens is 519 g/mol. The van der Waals surface area contributed by atoms with Gasteiger partial charge in [0.25, 0.3) is 5.24 Å². The van der Waals surface area contributed by atoms with E-state index in [1.54, 1.807) is 29.3 Å². The molecule has 36 heavy (non-hydrogen) atoms.